The number of methoxy groups -OCH3 is 1. The van der Waals surface area contributed by atoms with Crippen LogP contribution in [0, 0.1) is 0 Å². The molecule has 1 aromatic heterocycles. The molecule has 2 rings (SSSR count). The number of pyridine rings is 1. The maximum Gasteiger partial charge on any atom is 0.120 e. The highest BCUT2D eigenvalue weighted by molar-refractivity contribution is 5.50. The summed E-state index contributed by atoms with van der Waals surface area (Å²) >= 11 is 0. The molecule has 4 nitrogen and oxygen atoms in total. The molecule has 0 unspecified atom stereocenters. The largest absolute Gasteiger partial charge is 0.497 e. The molecule has 1 aromatic carbocycles. The average molecular weight is 257 g/mol. The second-order valence-electron chi connectivity index (χ2n) is 4.38. The summed E-state index contributed by atoms with van der Waals surface area (Å²) < 4.78 is 5.23. The molecule has 1 heterocycles. The highest BCUT2D eigenvalue weighted by atomic mass is 16.5. The predicted octanol–water partition coefficient (Wildman–Crippen LogP) is 2.19. The lowest BCUT2D eigenvalue weighted by Gasteiger charge is -2.19. The number of hydrogen-bond donors (Lipinski definition) is 1. The van der Waals surface area contributed by atoms with E-state index < -0.39 is 0 Å². The Labute approximate surface area is 113 Å². The van der Waals surface area contributed by atoms with Gasteiger partial charge in [-0.1, -0.05) is 12.1 Å². The van der Waals surface area contributed by atoms with E-state index in [1.807, 2.05) is 43.4 Å². The molecular weight excluding hydrogens is 238 g/mol. The quantitative estimate of drug-likeness (QED) is 0.892. The minimum Gasteiger partial charge on any atom is -0.497 e. The molecule has 0 spiro atoms. The zero-order valence-electron chi connectivity index (χ0n) is 11.3. The second-order valence-corrected chi connectivity index (χ2v) is 4.38. The molecule has 0 saturated carbocycles. The molecule has 0 aliphatic carbocycles. The van der Waals surface area contributed by atoms with E-state index in [2.05, 4.69) is 16.0 Å². The van der Waals surface area contributed by atoms with Gasteiger partial charge >= 0.3 is 0 Å². The molecule has 2 aromatic rings. The van der Waals surface area contributed by atoms with E-state index in [0.29, 0.717) is 6.54 Å². The standard InChI is InChI=1S/C15H19N3O/c1-18(14-7-4-8-15(9-14)19-2)11-13-6-3-5-12(10-16)17-13/h3-9H,10-11,16H2,1-2H3. The van der Waals surface area contributed by atoms with Gasteiger partial charge in [0.1, 0.15) is 5.75 Å². The number of anilines is 1. The summed E-state index contributed by atoms with van der Waals surface area (Å²) in [6.07, 6.45) is 0. The molecule has 0 aliphatic rings. The van der Waals surface area contributed by atoms with E-state index in [1.54, 1.807) is 7.11 Å². The van der Waals surface area contributed by atoms with Gasteiger partial charge in [-0.25, -0.2) is 0 Å². The first-order valence-corrected chi connectivity index (χ1v) is 6.23. The van der Waals surface area contributed by atoms with E-state index in [4.69, 9.17) is 10.5 Å². The number of aromatic nitrogens is 1. The van der Waals surface area contributed by atoms with Crippen LogP contribution in [0.15, 0.2) is 42.5 Å². The lowest BCUT2D eigenvalue weighted by molar-refractivity contribution is 0.415. The Balaban J connectivity index is 2.13. The second kappa shape index (κ2) is 6.20. The topological polar surface area (TPSA) is 51.4 Å². The third kappa shape index (κ3) is 3.45. The monoisotopic (exact) mass is 257 g/mol. The highest BCUT2D eigenvalue weighted by Gasteiger charge is 2.05. The maximum atomic E-state index is 5.61. The van der Waals surface area contributed by atoms with Gasteiger partial charge in [0.05, 0.1) is 25.0 Å². The number of hydrogen-bond acceptors (Lipinski definition) is 4. The van der Waals surface area contributed by atoms with Crippen molar-refractivity contribution in [2.75, 3.05) is 19.1 Å². The molecule has 0 atom stereocenters. The summed E-state index contributed by atoms with van der Waals surface area (Å²) in [5.74, 6) is 0.855. The Morgan fingerprint density at radius 2 is 1.89 bits per heavy atom. The van der Waals surface area contributed by atoms with E-state index in [0.717, 1.165) is 29.4 Å². The number of benzene rings is 1. The normalized spacial score (nSPS) is 10.3. The molecule has 0 amide bonds. The molecule has 0 fully saturated rings. The highest BCUT2D eigenvalue weighted by Crippen LogP contribution is 2.21. The van der Waals surface area contributed by atoms with Crippen LogP contribution in [0.25, 0.3) is 0 Å². The number of rotatable bonds is 5. The van der Waals surface area contributed by atoms with E-state index in [1.165, 1.54) is 0 Å². The fourth-order valence-corrected chi connectivity index (χ4v) is 1.91. The number of ether oxygens (including phenoxy) is 1. The molecule has 100 valence electrons. The zero-order chi connectivity index (χ0) is 13.7. The van der Waals surface area contributed by atoms with Crippen molar-refractivity contribution in [1.82, 2.24) is 4.98 Å². The first-order chi connectivity index (χ1) is 9.22. The van der Waals surface area contributed by atoms with E-state index in [-0.39, 0.29) is 0 Å². The van der Waals surface area contributed by atoms with Crippen LogP contribution < -0.4 is 15.4 Å². The van der Waals surface area contributed by atoms with Crippen molar-refractivity contribution in [3.63, 3.8) is 0 Å². The average Bonchev–Trinajstić information content (AvgIpc) is 2.47. The Morgan fingerprint density at radius 1 is 1.16 bits per heavy atom. The summed E-state index contributed by atoms with van der Waals surface area (Å²) in [5, 5.41) is 0. The maximum absolute atomic E-state index is 5.61. The Morgan fingerprint density at radius 3 is 2.63 bits per heavy atom. The summed E-state index contributed by atoms with van der Waals surface area (Å²) in [4.78, 5) is 6.63. The number of nitrogens with two attached hydrogens (primary N) is 1. The van der Waals surface area contributed by atoms with Gasteiger partial charge in [-0.05, 0) is 24.3 Å². The molecule has 19 heavy (non-hydrogen) atoms. The van der Waals surface area contributed by atoms with Crippen LogP contribution >= 0.6 is 0 Å². The Kier molecular flexibility index (Phi) is 4.36. The Bertz CT molecular complexity index is 542. The van der Waals surface area contributed by atoms with Crippen molar-refractivity contribution in [2.45, 2.75) is 13.1 Å². The van der Waals surface area contributed by atoms with Crippen LogP contribution in [-0.4, -0.2) is 19.1 Å². The summed E-state index contributed by atoms with van der Waals surface area (Å²) in [6.45, 7) is 1.21. The lowest BCUT2D eigenvalue weighted by atomic mass is 10.2. The van der Waals surface area contributed by atoms with E-state index >= 15 is 0 Å². The van der Waals surface area contributed by atoms with Crippen LogP contribution in [0.5, 0.6) is 5.75 Å². The summed E-state index contributed by atoms with van der Waals surface area (Å²) in [5.41, 5.74) is 8.62. The van der Waals surface area contributed by atoms with Crippen molar-refractivity contribution in [2.24, 2.45) is 5.73 Å². The summed E-state index contributed by atoms with van der Waals surface area (Å²) in [6, 6.07) is 13.9. The van der Waals surface area contributed by atoms with Crippen molar-refractivity contribution >= 4 is 5.69 Å². The SMILES string of the molecule is COc1cccc(N(C)Cc2cccc(CN)n2)c1. The molecule has 2 N–H and O–H groups in total. The first kappa shape index (κ1) is 13.4. The van der Waals surface area contributed by atoms with Crippen molar-refractivity contribution in [1.29, 1.82) is 0 Å². The van der Waals surface area contributed by atoms with Gasteiger partial charge in [0.25, 0.3) is 0 Å². The lowest BCUT2D eigenvalue weighted by Crippen LogP contribution is -2.17. The van der Waals surface area contributed by atoms with Crippen LogP contribution in [0.2, 0.25) is 0 Å². The predicted molar refractivity (Wildman–Crippen MR) is 77.2 cm³/mol. The summed E-state index contributed by atoms with van der Waals surface area (Å²) in [7, 11) is 3.71. The van der Waals surface area contributed by atoms with Gasteiger partial charge in [-0.15, -0.1) is 0 Å². The van der Waals surface area contributed by atoms with Crippen LogP contribution in [0.3, 0.4) is 0 Å². The van der Waals surface area contributed by atoms with Gasteiger partial charge in [-0.3, -0.25) is 4.98 Å². The van der Waals surface area contributed by atoms with Gasteiger partial charge in [0, 0.05) is 25.3 Å². The zero-order valence-corrected chi connectivity index (χ0v) is 11.3. The third-order valence-corrected chi connectivity index (χ3v) is 2.97. The third-order valence-electron chi connectivity index (χ3n) is 2.97. The smallest absolute Gasteiger partial charge is 0.120 e. The van der Waals surface area contributed by atoms with Gasteiger partial charge < -0.3 is 15.4 Å². The molecule has 0 radical (unpaired) electrons. The number of nitrogens with zero attached hydrogens (tertiary/aromatic N) is 2. The van der Waals surface area contributed by atoms with Gasteiger partial charge in [0.2, 0.25) is 0 Å². The fraction of sp³-hybridized carbons (Fsp3) is 0.267. The fourth-order valence-electron chi connectivity index (χ4n) is 1.91. The van der Waals surface area contributed by atoms with Gasteiger partial charge in [-0.2, -0.15) is 0 Å². The van der Waals surface area contributed by atoms with Crippen molar-refractivity contribution < 1.29 is 4.74 Å². The van der Waals surface area contributed by atoms with Crippen LogP contribution in [0.4, 0.5) is 5.69 Å². The van der Waals surface area contributed by atoms with Crippen molar-refractivity contribution in [3.05, 3.63) is 53.9 Å². The van der Waals surface area contributed by atoms with Crippen molar-refractivity contribution in [3.8, 4) is 5.75 Å². The first-order valence-electron chi connectivity index (χ1n) is 6.23. The van der Waals surface area contributed by atoms with Crippen LogP contribution in [0.1, 0.15) is 11.4 Å². The molecule has 0 saturated heterocycles. The minimum absolute atomic E-state index is 0.469. The van der Waals surface area contributed by atoms with Crippen LogP contribution in [-0.2, 0) is 13.1 Å². The molecule has 0 aliphatic heterocycles. The Hall–Kier alpha value is -2.07. The van der Waals surface area contributed by atoms with Gasteiger partial charge in [0.15, 0.2) is 0 Å². The minimum atomic E-state index is 0.469. The molecule has 0 bridgehead atoms. The van der Waals surface area contributed by atoms with E-state index in [9.17, 15) is 0 Å². The molecule has 4 heteroatoms. The molecular formula is C15H19N3O.